The molecule has 1 aromatic heterocycles. The van der Waals surface area contributed by atoms with E-state index in [1.165, 1.54) is 43.9 Å². The van der Waals surface area contributed by atoms with Gasteiger partial charge in [-0.15, -0.1) is 10.2 Å². The minimum Gasteiger partial charge on any atom is -0.481 e. The molecule has 1 heterocycles. The van der Waals surface area contributed by atoms with Crippen molar-refractivity contribution in [2.75, 3.05) is 19.8 Å². The van der Waals surface area contributed by atoms with Gasteiger partial charge in [0.05, 0.1) is 5.75 Å². The lowest BCUT2D eigenvalue weighted by atomic mass is 9.75. The Hall–Kier alpha value is -1.08. The van der Waals surface area contributed by atoms with E-state index in [4.69, 9.17) is 5.11 Å². The second-order valence-corrected chi connectivity index (χ2v) is 7.30. The average molecular weight is 310 g/mol. The van der Waals surface area contributed by atoms with Crippen LogP contribution < -0.4 is 0 Å². The smallest absolute Gasteiger partial charge is 0.313 e. The molecule has 0 amide bonds. The fourth-order valence-corrected chi connectivity index (χ4v) is 3.62. The molecule has 0 spiro atoms. The largest absolute Gasteiger partial charge is 0.481 e. The third kappa shape index (κ3) is 2.94. The van der Waals surface area contributed by atoms with Gasteiger partial charge in [-0.3, -0.25) is 4.79 Å². The Morgan fingerprint density at radius 1 is 1.43 bits per heavy atom. The summed E-state index contributed by atoms with van der Waals surface area (Å²) in [6.07, 6.45) is 5.99. The maximum absolute atomic E-state index is 10.8. The number of hydrogen-bond donors (Lipinski definition) is 1. The van der Waals surface area contributed by atoms with Crippen LogP contribution in [0.5, 0.6) is 0 Å². The molecule has 2 aliphatic rings. The second-order valence-electron chi connectivity index (χ2n) is 6.36. The molecule has 6 nitrogen and oxygen atoms in total. The number of aromatic nitrogens is 3. The van der Waals surface area contributed by atoms with Crippen LogP contribution in [0, 0.1) is 0 Å². The van der Waals surface area contributed by atoms with Gasteiger partial charge < -0.3 is 14.6 Å². The first-order chi connectivity index (χ1) is 10.0. The topological polar surface area (TPSA) is 71.2 Å². The Labute approximate surface area is 128 Å². The fraction of sp³-hybridized carbons (Fsp3) is 0.786. The lowest BCUT2D eigenvalue weighted by Crippen LogP contribution is -2.53. The van der Waals surface area contributed by atoms with Crippen LogP contribution in [0.3, 0.4) is 0 Å². The zero-order valence-corrected chi connectivity index (χ0v) is 13.4. The van der Waals surface area contributed by atoms with Crippen molar-refractivity contribution in [1.29, 1.82) is 0 Å². The Balaban J connectivity index is 1.83. The Morgan fingerprint density at radius 2 is 2.14 bits per heavy atom. The Morgan fingerprint density at radius 3 is 2.62 bits per heavy atom. The number of carboxylic acids is 1. The highest BCUT2D eigenvalue weighted by atomic mass is 32.2. The summed E-state index contributed by atoms with van der Waals surface area (Å²) in [4.78, 5) is 13.1. The Bertz CT molecular complexity index is 535. The van der Waals surface area contributed by atoms with Crippen LogP contribution in [0.1, 0.15) is 43.8 Å². The van der Waals surface area contributed by atoms with E-state index < -0.39 is 5.97 Å². The van der Waals surface area contributed by atoms with Crippen LogP contribution in [-0.2, 0) is 11.3 Å². The van der Waals surface area contributed by atoms with Gasteiger partial charge in [-0.05, 0) is 46.2 Å². The molecule has 0 unspecified atom stereocenters. The molecule has 1 aromatic rings. The number of likely N-dealkylation sites (N-methyl/N-ethyl adjacent to an activating group) is 1. The van der Waals surface area contributed by atoms with Crippen LogP contribution >= 0.6 is 11.8 Å². The maximum Gasteiger partial charge on any atom is 0.313 e. The summed E-state index contributed by atoms with van der Waals surface area (Å²) in [5.41, 5.74) is 0.185. The normalized spacial score (nSPS) is 20.5. The molecule has 0 aromatic carbocycles. The molecule has 0 saturated heterocycles. The fourth-order valence-electron chi connectivity index (χ4n) is 2.95. The summed E-state index contributed by atoms with van der Waals surface area (Å²) >= 11 is 1.28. The maximum atomic E-state index is 10.8. The molecule has 0 aliphatic heterocycles. The lowest BCUT2D eigenvalue weighted by Gasteiger charge is -2.47. The quantitative estimate of drug-likeness (QED) is 0.775. The van der Waals surface area contributed by atoms with E-state index in [1.54, 1.807) is 0 Å². The highest BCUT2D eigenvalue weighted by molar-refractivity contribution is 7.99. The van der Waals surface area contributed by atoms with Crippen LogP contribution in [-0.4, -0.2) is 56.1 Å². The van der Waals surface area contributed by atoms with E-state index in [9.17, 15) is 4.79 Å². The minimum atomic E-state index is -0.812. The van der Waals surface area contributed by atoms with Crippen molar-refractivity contribution < 1.29 is 9.90 Å². The highest BCUT2D eigenvalue weighted by Crippen LogP contribution is 2.43. The summed E-state index contributed by atoms with van der Waals surface area (Å²) < 4.78 is 2.18. The highest BCUT2D eigenvalue weighted by Gasteiger charge is 2.41. The summed E-state index contributed by atoms with van der Waals surface area (Å²) in [7, 11) is 4.26. The first-order valence-electron chi connectivity index (χ1n) is 7.47. The van der Waals surface area contributed by atoms with Crippen molar-refractivity contribution in [1.82, 2.24) is 19.7 Å². The van der Waals surface area contributed by atoms with Crippen molar-refractivity contribution in [2.45, 2.75) is 55.3 Å². The number of carboxylic acid groups (broad SMARTS) is 1. The molecule has 116 valence electrons. The molecule has 0 atom stereocenters. The van der Waals surface area contributed by atoms with E-state index in [2.05, 4.69) is 33.8 Å². The van der Waals surface area contributed by atoms with Gasteiger partial charge >= 0.3 is 5.97 Å². The van der Waals surface area contributed by atoms with E-state index in [0.717, 1.165) is 17.5 Å². The molecule has 2 saturated carbocycles. The van der Waals surface area contributed by atoms with E-state index in [0.29, 0.717) is 5.92 Å². The van der Waals surface area contributed by atoms with Gasteiger partial charge in [0.2, 0.25) is 0 Å². The van der Waals surface area contributed by atoms with E-state index in [-0.39, 0.29) is 11.3 Å². The average Bonchev–Trinajstić information content (AvgIpc) is 3.13. The number of nitrogens with zero attached hydrogens (tertiary/aromatic N) is 4. The molecular weight excluding hydrogens is 288 g/mol. The third-order valence-electron chi connectivity index (χ3n) is 4.70. The van der Waals surface area contributed by atoms with Gasteiger partial charge in [0.1, 0.15) is 5.82 Å². The SMILES string of the molecule is CN(C)C1(Cn2c(SCC(=O)O)nnc2C2CC2)CCC1. The van der Waals surface area contributed by atoms with E-state index >= 15 is 0 Å². The molecule has 0 radical (unpaired) electrons. The van der Waals surface area contributed by atoms with Gasteiger partial charge in [-0.25, -0.2) is 0 Å². The molecule has 0 bridgehead atoms. The van der Waals surface area contributed by atoms with Crippen LogP contribution in [0.25, 0.3) is 0 Å². The number of rotatable bonds is 7. The van der Waals surface area contributed by atoms with Crippen LogP contribution in [0.4, 0.5) is 0 Å². The monoisotopic (exact) mass is 310 g/mol. The van der Waals surface area contributed by atoms with Crippen molar-refractivity contribution >= 4 is 17.7 Å². The van der Waals surface area contributed by atoms with Crippen molar-refractivity contribution in [3.8, 4) is 0 Å². The summed E-state index contributed by atoms with van der Waals surface area (Å²) in [5, 5.41) is 18.2. The van der Waals surface area contributed by atoms with Crippen molar-refractivity contribution in [2.24, 2.45) is 0 Å². The van der Waals surface area contributed by atoms with Crippen LogP contribution in [0.2, 0.25) is 0 Å². The predicted octanol–water partition coefficient (Wildman–Crippen LogP) is 1.82. The van der Waals surface area contributed by atoms with Gasteiger partial charge in [0.15, 0.2) is 5.16 Å². The minimum absolute atomic E-state index is 0.0394. The van der Waals surface area contributed by atoms with Crippen LogP contribution in [0.15, 0.2) is 5.16 Å². The lowest BCUT2D eigenvalue weighted by molar-refractivity contribution is -0.133. The first-order valence-corrected chi connectivity index (χ1v) is 8.45. The first kappa shape index (κ1) is 14.8. The molecule has 3 rings (SSSR count). The molecular formula is C14H22N4O2S. The van der Waals surface area contributed by atoms with Crippen molar-refractivity contribution in [3.05, 3.63) is 5.82 Å². The third-order valence-corrected chi connectivity index (χ3v) is 5.65. The number of hydrogen-bond acceptors (Lipinski definition) is 5. The zero-order valence-electron chi connectivity index (χ0n) is 12.6. The van der Waals surface area contributed by atoms with Gasteiger partial charge in [-0.1, -0.05) is 11.8 Å². The molecule has 2 fully saturated rings. The number of aliphatic carboxylic acids is 1. The summed E-state index contributed by atoms with van der Waals surface area (Å²) in [6, 6.07) is 0. The van der Waals surface area contributed by atoms with E-state index in [1.807, 2.05) is 0 Å². The molecule has 1 N–H and O–H groups in total. The summed E-state index contributed by atoms with van der Waals surface area (Å²) in [6.45, 7) is 0.876. The number of carbonyl (C=O) groups is 1. The van der Waals surface area contributed by atoms with Gasteiger partial charge in [0, 0.05) is 18.0 Å². The second kappa shape index (κ2) is 5.61. The van der Waals surface area contributed by atoms with Gasteiger partial charge in [-0.2, -0.15) is 0 Å². The predicted molar refractivity (Wildman–Crippen MR) is 80.6 cm³/mol. The summed E-state index contributed by atoms with van der Waals surface area (Å²) in [5.74, 6) is 0.804. The standard InChI is InChI=1S/C14H22N4O2S/c1-17(2)14(6-3-7-14)9-18-12(10-4-5-10)15-16-13(18)21-8-11(19)20/h10H,3-9H2,1-2H3,(H,19,20). The Kier molecular flexibility index (Phi) is 3.96. The van der Waals surface area contributed by atoms with Gasteiger partial charge in [0.25, 0.3) is 0 Å². The number of thioether (sulfide) groups is 1. The molecule has 21 heavy (non-hydrogen) atoms. The molecule has 2 aliphatic carbocycles. The zero-order chi connectivity index (χ0) is 15.0. The van der Waals surface area contributed by atoms with Crippen molar-refractivity contribution in [3.63, 3.8) is 0 Å². The molecule has 7 heteroatoms.